The molecule has 2 aromatic carbocycles. The number of hydrogen-bond acceptors (Lipinski definition) is 4. The number of carbonyl (C=O) groups excluding carboxylic acids is 1. The summed E-state index contributed by atoms with van der Waals surface area (Å²) in [5.74, 6) is 0. The summed E-state index contributed by atoms with van der Waals surface area (Å²) in [5.41, 5.74) is 6.07. The number of anilines is 2. The van der Waals surface area contributed by atoms with Crippen LogP contribution >= 0.6 is 11.6 Å². The molecule has 1 aliphatic rings. The second-order valence-corrected chi connectivity index (χ2v) is 9.21. The number of nitrogens with zero attached hydrogens (tertiary/aromatic N) is 2. The quantitative estimate of drug-likeness (QED) is 0.354. The Labute approximate surface area is 219 Å². The highest BCUT2D eigenvalue weighted by Crippen LogP contribution is 2.31. The number of halogens is 1. The average Bonchev–Trinajstić information content (AvgIpc) is 2.98. The molecule has 188 valence electrons. The number of benzodiazepines with no additional fused rings is 1. The van der Waals surface area contributed by atoms with E-state index in [0.717, 1.165) is 40.3 Å². The number of allylic oxidation sites excluding steroid dienone is 4. The molecule has 1 unspecified atom stereocenters. The van der Waals surface area contributed by atoms with Gasteiger partial charge in [0.25, 0.3) is 0 Å². The smallest absolute Gasteiger partial charge is 0.319 e. The van der Waals surface area contributed by atoms with E-state index in [1.807, 2.05) is 92.7 Å². The Balaban J connectivity index is 1.91. The van der Waals surface area contributed by atoms with Crippen molar-refractivity contribution in [3.8, 4) is 0 Å². The average molecular weight is 504 g/mol. The summed E-state index contributed by atoms with van der Waals surface area (Å²) in [6.45, 7) is 11.5. The van der Waals surface area contributed by atoms with Crippen molar-refractivity contribution in [3.05, 3.63) is 107 Å². The molecule has 6 nitrogen and oxygen atoms in total. The van der Waals surface area contributed by atoms with E-state index in [4.69, 9.17) is 16.6 Å². The van der Waals surface area contributed by atoms with Gasteiger partial charge in [-0.1, -0.05) is 61.2 Å². The minimum atomic E-state index is -0.237. The number of hydrogen-bond donors (Lipinski definition) is 3. The molecule has 2 amide bonds. The van der Waals surface area contributed by atoms with Crippen LogP contribution in [-0.4, -0.2) is 49.9 Å². The monoisotopic (exact) mass is 503 g/mol. The predicted octanol–water partition coefficient (Wildman–Crippen LogP) is 6.25. The number of likely N-dealkylation sites (N-methyl/N-ethyl adjacent to an activating group) is 1. The fourth-order valence-electron chi connectivity index (χ4n) is 3.72. The van der Waals surface area contributed by atoms with Crippen molar-refractivity contribution in [2.24, 2.45) is 4.99 Å². The number of urea groups is 1. The number of benzene rings is 2. The molecule has 2 aromatic rings. The van der Waals surface area contributed by atoms with Crippen molar-refractivity contribution < 1.29 is 4.79 Å². The molecule has 0 saturated heterocycles. The van der Waals surface area contributed by atoms with Crippen LogP contribution in [-0.2, 0) is 0 Å². The highest BCUT2D eigenvalue weighted by Gasteiger charge is 2.23. The number of aliphatic imine (C=N–C) groups is 1. The number of nitrogens with one attached hydrogen (secondary N) is 3. The molecule has 0 fully saturated rings. The fraction of sp³-hybridized carbons (Fsp3) is 0.241. The van der Waals surface area contributed by atoms with Crippen molar-refractivity contribution in [2.75, 3.05) is 37.8 Å². The molecule has 3 rings (SSSR count). The molecule has 0 bridgehead atoms. The molecule has 0 aromatic heterocycles. The third-order valence-electron chi connectivity index (χ3n) is 5.67. The molecule has 7 heteroatoms. The van der Waals surface area contributed by atoms with E-state index in [9.17, 15) is 4.79 Å². The first-order valence-electron chi connectivity index (χ1n) is 11.9. The molecule has 0 spiro atoms. The van der Waals surface area contributed by atoms with E-state index in [0.29, 0.717) is 23.7 Å². The zero-order chi connectivity index (χ0) is 26.1. The van der Waals surface area contributed by atoms with E-state index in [1.54, 1.807) is 0 Å². The van der Waals surface area contributed by atoms with Crippen LogP contribution in [0.5, 0.6) is 0 Å². The van der Waals surface area contributed by atoms with Crippen molar-refractivity contribution in [1.82, 2.24) is 10.2 Å². The lowest BCUT2D eigenvalue weighted by atomic mass is 10.00. The van der Waals surface area contributed by atoms with Crippen LogP contribution in [0, 0.1) is 0 Å². The van der Waals surface area contributed by atoms with Crippen LogP contribution in [0.2, 0.25) is 5.02 Å². The van der Waals surface area contributed by atoms with Crippen molar-refractivity contribution in [3.63, 3.8) is 0 Å². The molecule has 3 N–H and O–H groups in total. The van der Waals surface area contributed by atoms with Crippen molar-refractivity contribution in [1.29, 1.82) is 0 Å². The summed E-state index contributed by atoms with van der Waals surface area (Å²) in [4.78, 5) is 19.3. The van der Waals surface area contributed by atoms with Crippen LogP contribution in [0.1, 0.15) is 24.5 Å². The summed E-state index contributed by atoms with van der Waals surface area (Å²) < 4.78 is 0. The van der Waals surface area contributed by atoms with Gasteiger partial charge in [0.05, 0.1) is 11.8 Å². The zero-order valence-electron chi connectivity index (χ0n) is 21.1. The second kappa shape index (κ2) is 12.9. The van der Waals surface area contributed by atoms with Crippen LogP contribution in [0.3, 0.4) is 0 Å². The van der Waals surface area contributed by atoms with Gasteiger partial charge in [0.1, 0.15) is 0 Å². The summed E-state index contributed by atoms with van der Waals surface area (Å²) in [6.07, 6.45) is 8.51. The molecular formula is C29H34ClN5O. The first-order valence-corrected chi connectivity index (χ1v) is 12.3. The lowest BCUT2D eigenvalue weighted by Crippen LogP contribution is -2.34. The SMILES string of the molecule is C=C/C(=C\C=C/C)CC1N=C(c2ccc(NC(=O)NCCN(C)C)cc2)c2cc(Cl)ccc2NC1=C. The van der Waals surface area contributed by atoms with Gasteiger partial charge in [0.15, 0.2) is 0 Å². The first-order chi connectivity index (χ1) is 17.3. The highest BCUT2D eigenvalue weighted by atomic mass is 35.5. The van der Waals surface area contributed by atoms with Crippen LogP contribution in [0.4, 0.5) is 16.2 Å². The van der Waals surface area contributed by atoms with Gasteiger partial charge >= 0.3 is 6.03 Å². The van der Waals surface area contributed by atoms with Crippen LogP contribution in [0.15, 0.2) is 96.2 Å². The van der Waals surface area contributed by atoms with Crippen LogP contribution in [0.25, 0.3) is 0 Å². The Hall–Kier alpha value is -3.61. The fourth-order valence-corrected chi connectivity index (χ4v) is 3.89. The second-order valence-electron chi connectivity index (χ2n) is 8.77. The van der Waals surface area contributed by atoms with Crippen LogP contribution < -0.4 is 16.0 Å². The van der Waals surface area contributed by atoms with Gasteiger partial charge in [-0.05, 0) is 56.9 Å². The lowest BCUT2D eigenvalue weighted by molar-refractivity contribution is 0.250. The van der Waals surface area contributed by atoms with Gasteiger partial charge in [0, 0.05) is 52.7 Å². The predicted molar refractivity (Wildman–Crippen MR) is 153 cm³/mol. The van der Waals surface area contributed by atoms with E-state index in [-0.39, 0.29) is 12.1 Å². The largest absolute Gasteiger partial charge is 0.357 e. The maximum atomic E-state index is 12.2. The number of rotatable bonds is 9. The highest BCUT2D eigenvalue weighted by molar-refractivity contribution is 6.31. The summed E-state index contributed by atoms with van der Waals surface area (Å²) in [5, 5.41) is 9.78. The Kier molecular flexibility index (Phi) is 9.68. The lowest BCUT2D eigenvalue weighted by Gasteiger charge is -2.16. The summed E-state index contributed by atoms with van der Waals surface area (Å²) in [7, 11) is 3.93. The van der Waals surface area contributed by atoms with E-state index in [1.165, 1.54) is 0 Å². The number of amides is 2. The minimum Gasteiger partial charge on any atom is -0.357 e. The zero-order valence-corrected chi connectivity index (χ0v) is 21.9. The van der Waals surface area contributed by atoms with Gasteiger partial charge in [-0.2, -0.15) is 0 Å². The van der Waals surface area contributed by atoms with E-state index < -0.39 is 0 Å². The van der Waals surface area contributed by atoms with Gasteiger partial charge in [-0.3, -0.25) is 4.99 Å². The van der Waals surface area contributed by atoms with Gasteiger partial charge < -0.3 is 20.9 Å². The number of fused-ring (bicyclic) bond motifs is 1. The molecule has 0 saturated carbocycles. The van der Waals surface area contributed by atoms with E-state index >= 15 is 0 Å². The third-order valence-corrected chi connectivity index (χ3v) is 5.91. The maximum absolute atomic E-state index is 12.2. The molecule has 1 atom stereocenters. The minimum absolute atomic E-state index is 0.207. The normalized spacial score (nSPS) is 15.7. The Morgan fingerprint density at radius 2 is 1.97 bits per heavy atom. The molecule has 36 heavy (non-hydrogen) atoms. The Morgan fingerprint density at radius 1 is 1.22 bits per heavy atom. The Morgan fingerprint density at radius 3 is 2.64 bits per heavy atom. The third kappa shape index (κ3) is 7.44. The van der Waals surface area contributed by atoms with Gasteiger partial charge in [-0.25, -0.2) is 4.79 Å². The molecule has 0 radical (unpaired) electrons. The molecule has 0 aliphatic carbocycles. The summed E-state index contributed by atoms with van der Waals surface area (Å²) >= 11 is 6.37. The number of carbonyl (C=O) groups is 1. The first kappa shape index (κ1) is 27.0. The molecular weight excluding hydrogens is 470 g/mol. The molecule has 1 aliphatic heterocycles. The maximum Gasteiger partial charge on any atom is 0.319 e. The van der Waals surface area contributed by atoms with Gasteiger partial charge in [-0.15, -0.1) is 0 Å². The summed E-state index contributed by atoms with van der Waals surface area (Å²) in [6, 6.07) is 12.9. The Bertz CT molecular complexity index is 1190. The topological polar surface area (TPSA) is 68.8 Å². The van der Waals surface area contributed by atoms with E-state index in [2.05, 4.69) is 29.1 Å². The van der Waals surface area contributed by atoms with Crippen molar-refractivity contribution in [2.45, 2.75) is 19.4 Å². The van der Waals surface area contributed by atoms with Crippen molar-refractivity contribution >= 4 is 34.7 Å². The van der Waals surface area contributed by atoms with Gasteiger partial charge in [0.2, 0.25) is 0 Å². The standard InChI is InChI=1S/C29H34ClN5O/c1-6-8-9-21(7-2)18-27-20(3)32-26-15-12-23(30)19-25(26)28(34-27)22-10-13-24(14-11-22)33-29(36)31-16-17-35(4)5/h6-15,19,27,32H,2-3,16-18H2,1,4-5H3,(H2,31,33,36)/b8-6-,21-9+. The molecule has 1 heterocycles.